The second-order valence-corrected chi connectivity index (χ2v) is 8.15. The third kappa shape index (κ3) is 4.69. The number of halogens is 1. The Morgan fingerprint density at radius 3 is 2.62 bits per heavy atom. The van der Waals surface area contributed by atoms with Crippen LogP contribution < -0.4 is 5.56 Å². The van der Waals surface area contributed by atoms with Gasteiger partial charge in [-0.05, 0) is 43.6 Å². The van der Waals surface area contributed by atoms with E-state index in [1.807, 2.05) is 24.8 Å². The largest absolute Gasteiger partial charge is 0.480 e. The van der Waals surface area contributed by atoms with Crippen molar-refractivity contribution in [3.63, 3.8) is 0 Å². The lowest BCUT2D eigenvalue weighted by Crippen LogP contribution is -2.49. The Morgan fingerprint density at radius 1 is 1.38 bits per heavy atom. The van der Waals surface area contributed by atoms with Crippen molar-refractivity contribution in [2.75, 3.05) is 19.6 Å². The SMILES string of the molecule is CC(C)C[C@@H](C(=O)O)n1nc(CCN2CC(F)C2)cc(CC2CC2)c1=O. The fourth-order valence-corrected chi connectivity index (χ4v) is 3.45. The fourth-order valence-electron chi connectivity index (χ4n) is 3.45. The van der Waals surface area contributed by atoms with E-state index in [9.17, 15) is 19.1 Å². The first-order chi connectivity index (χ1) is 12.3. The molecule has 1 atom stereocenters. The van der Waals surface area contributed by atoms with Crippen LogP contribution in [0.15, 0.2) is 10.9 Å². The van der Waals surface area contributed by atoms with Crippen molar-refractivity contribution in [2.45, 2.75) is 58.2 Å². The molecule has 1 aliphatic heterocycles. The Kier molecular flexibility index (Phi) is 5.75. The lowest BCUT2D eigenvalue weighted by Gasteiger charge is -2.34. The predicted molar refractivity (Wildman–Crippen MR) is 96.1 cm³/mol. The highest BCUT2D eigenvalue weighted by Crippen LogP contribution is 2.32. The molecule has 1 aromatic rings. The molecule has 3 rings (SSSR count). The summed E-state index contributed by atoms with van der Waals surface area (Å²) in [5.74, 6) is -0.351. The lowest BCUT2D eigenvalue weighted by atomic mass is 10.0. The molecule has 0 spiro atoms. The Hall–Kier alpha value is -1.76. The summed E-state index contributed by atoms with van der Waals surface area (Å²) in [6.07, 6.45) is 3.15. The summed E-state index contributed by atoms with van der Waals surface area (Å²) in [5, 5.41) is 14.0. The maximum Gasteiger partial charge on any atom is 0.328 e. The second kappa shape index (κ2) is 7.86. The van der Waals surface area contributed by atoms with Crippen molar-refractivity contribution in [1.29, 1.82) is 0 Å². The average Bonchev–Trinajstić information content (AvgIpc) is 3.34. The van der Waals surface area contributed by atoms with E-state index in [0.717, 1.165) is 18.5 Å². The maximum atomic E-state index is 13.0. The summed E-state index contributed by atoms with van der Waals surface area (Å²) < 4.78 is 14.2. The van der Waals surface area contributed by atoms with E-state index in [4.69, 9.17) is 0 Å². The molecule has 0 aromatic carbocycles. The summed E-state index contributed by atoms with van der Waals surface area (Å²) in [6, 6.07) is 0.887. The van der Waals surface area contributed by atoms with Gasteiger partial charge in [0.2, 0.25) is 0 Å². The van der Waals surface area contributed by atoms with Gasteiger partial charge in [-0.1, -0.05) is 13.8 Å². The molecule has 0 radical (unpaired) electrons. The molecule has 2 aliphatic rings. The Morgan fingerprint density at radius 2 is 2.08 bits per heavy atom. The Bertz CT molecular complexity index is 708. The quantitative estimate of drug-likeness (QED) is 0.725. The van der Waals surface area contributed by atoms with E-state index in [1.165, 1.54) is 4.68 Å². The van der Waals surface area contributed by atoms with E-state index < -0.39 is 18.2 Å². The van der Waals surface area contributed by atoms with Crippen molar-refractivity contribution in [3.8, 4) is 0 Å². The summed E-state index contributed by atoms with van der Waals surface area (Å²) in [7, 11) is 0. The normalized spacial score (nSPS) is 19.5. The predicted octanol–water partition coefficient (Wildman–Crippen LogP) is 2.06. The van der Waals surface area contributed by atoms with E-state index in [1.54, 1.807) is 0 Å². The van der Waals surface area contributed by atoms with E-state index in [0.29, 0.717) is 50.4 Å². The van der Waals surface area contributed by atoms with Gasteiger partial charge in [0.15, 0.2) is 6.04 Å². The van der Waals surface area contributed by atoms with Gasteiger partial charge in [0.1, 0.15) is 6.17 Å². The van der Waals surface area contributed by atoms with Crippen LogP contribution in [0, 0.1) is 11.8 Å². The molecule has 1 saturated heterocycles. The van der Waals surface area contributed by atoms with E-state index in [-0.39, 0.29) is 11.5 Å². The molecule has 144 valence electrons. The number of carboxylic acids is 1. The minimum Gasteiger partial charge on any atom is -0.480 e. The third-order valence-corrected chi connectivity index (χ3v) is 5.14. The standard InChI is InChI=1S/C19H28FN3O3/c1-12(2)7-17(19(25)26)23-18(24)14(8-13-3-4-13)9-16(21-23)5-6-22-10-15(20)11-22/h9,12-13,15,17H,3-8,10-11H2,1-2H3,(H,25,26)/t17-/m0/s1. The smallest absolute Gasteiger partial charge is 0.328 e. The fraction of sp³-hybridized carbons (Fsp3) is 0.737. The van der Waals surface area contributed by atoms with E-state index >= 15 is 0 Å². The molecule has 1 aliphatic carbocycles. The number of aromatic nitrogens is 2. The van der Waals surface area contributed by atoms with Crippen LogP contribution in [0.2, 0.25) is 0 Å². The molecule has 7 heteroatoms. The third-order valence-electron chi connectivity index (χ3n) is 5.14. The van der Waals surface area contributed by atoms with Gasteiger partial charge < -0.3 is 5.11 Å². The van der Waals surface area contributed by atoms with Crippen molar-refractivity contribution >= 4 is 5.97 Å². The molecule has 0 bridgehead atoms. The van der Waals surface area contributed by atoms with Gasteiger partial charge in [-0.25, -0.2) is 13.9 Å². The van der Waals surface area contributed by atoms with Crippen LogP contribution in [-0.4, -0.2) is 51.6 Å². The average molecular weight is 365 g/mol. The van der Waals surface area contributed by atoms with Crippen LogP contribution in [0.5, 0.6) is 0 Å². The Balaban J connectivity index is 1.85. The number of aliphatic carboxylic acids is 1. The first-order valence-electron chi connectivity index (χ1n) is 9.54. The highest BCUT2D eigenvalue weighted by atomic mass is 19.1. The number of hydrogen-bond acceptors (Lipinski definition) is 4. The molecule has 0 unspecified atom stereocenters. The highest BCUT2D eigenvalue weighted by molar-refractivity contribution is 5.71. The number of likely N-dealkylation sites (tertiary alicyclic amines) is 1. The summed E-state index contributed by atoms with van der Waals surface area (Å²) in [4.78, 5) is 26.6. The lowest BCUT2D eigenvalue weighted by molar-refractivity contribution is -0.141. The molecule has 1 N–H and O–H groups in total. The molecular formula is C19H28FN3O3. The molecular weight excluding hydrogens is 337 g/mol. The number of carbonyl (C=O) groups is 1. The van der Waals surface area contributed by atoms with Gasteiger partial charge in [-0.3, -0.25) is 9.69 Å². The van der Waals surface area contributed by atoms with Crippen LogP contribution in [0.25, 0.3) is 0 Å². The molecule has 2 heterocycles. The van der Waals surface area contributed by atoms with Crippen molar-refractivity contribution < 1.29 is 14.3 Å². The second-order valence-electron chi connectivity index (χ2n) is 8.15. The van der Waals surface area contributed by atoms with E-state index in [2.05, 4.69) is 5.10 Å². The van der Waals surface area contributed by atoms with Gasteiger partial charge in [0.05, 0.1) is 5.69 Å². The van der Waals surface area contributed by atoms with Crippen molar-refractivity contribution in [3.05, 3.63) is 27.7 Å². The zero-order valence-electron chi connectivity index (χ0n) is 15.5. The number of nitrogens with zero attached hydrogens (tertiary/aromatic N) is 3. The van der Waals surface area contributed by atoms with Crippen molar-refractivity contribution in [1.82, 2.24) is 14.7 Å². The summed E-state index contributed by atoms with van der Waals surface area (Å²) in [5.41, 5.74) is 1.11. The monoisotopic (exact) mass is 365 g/mol. The number of hydrogen-bond donors (Lipinski definition) is 1. The maximum absolute atomic E-state index is 13.0. The first kappa shape index (κ1) is 19.0. The van der Waals surface area contributed by atoms with Gasteiger partial charge in [-0.2, -0.15) is 5.10 Å². The van der Waals surface area contributed by atoms with Gasteiger partial charge >= 0.3 is 5.97 Å². The van der Waals surface area contributed by atoms with Crippen molar-refractivity contribution in [2.24, 2.45) is 11.8 Å². The summed E-state index contributed by atoms with van der Waals surface area (Å²) in [6.45, 7) is 5.44. The summed E-state index contributed by atoms with van der Waals surface area (Å²) >= 11 is 0. The van der Waals surface area contributed by atoms with Crippen LogP contribution in [0.3, 0.4) is 0 Å². The van der Waals surface area contributed by atoms with Crippen LogP contribution >= 0.6 is 0 Å². The minimum atomic E-state index is -1.02. The number of alkyl halides is 1. The molecule has 26 heavy (non-hydrogen) atoms. The van der Waals surface area contributed by atoms with Gasteiger partial charge in [-0.15, -0.1) is 0 Å². The van der Waals surface area contributed by atoms with Crippen LogP contribution in [-0.2, 0) is 17.6 Å². The van der Waals surface area contributed by atoms with Gasteiger partial charge in [0, 0.05) is 31.6 Å². The minimum absolute atomic E-state index is 0.142. The molecule has 1 aromatic heterocycles. The van der Waals surface area contributed by atoms with Crippen LogP contribution in [0.4, 0.5) is 4.39 Å². The Labute approximate surface area is 153 Å². The zero-order chi connectivity index (χ0) is 18.8. The number of rotatable bonds is 9. The zero-order valence-corrected chi connectivity index (χ0v) is 15.5. The topological polar surface area (TPSA) is 75.4 Å². The highest BCUT2D eigenvalue weighted by Gasteiger charge is 2.29. The first-order valence-corrected chi connectivity index (χ1v) is 9.54. The van der Waals surface area contributed by atoms with Crippen LogP contribution in [0.1, 0.15) is 50.4 Å². The molecule has 6 nitrogen and oxygen atoms in total. The van der Waals surface area contributed by atoms with Gasteiger partial charge in [0.25, 0.3) is 5.56 Å². The molecule has 0 amide bonds. The molecule has 2 fully saturated rings. The number of carboxylic acid groups (broad SMARTS) is 1. The molecule has 1 saturated carbocycles.